The van der Waals surface area contributed by atoms with E-state index < -0.39 is 0 Å². The number of fused-ring (bicyclic) bond motifs is 1. The summed E-state index contributed by atoms with van der Waals surface area (Å²) in [5.74, 6) is 0. The molecular formula is C22H21N3O2. The number of nitrogens with zero attached hydrogens (tertiary/aromatic N) is 3. The monoisotopic (exact) mass is 359 g/mol. The first-order valence-corrected chi connectivity index (χ1v) is 9.22. The molecule has 2 aromatic carbocycles. The fourth-order valence-electron chi connectivity index (χ4n) is 3.84. The van der Waals surface area contributed by atoms with Crippen molar-refractivity contribution in [3.63, 3.8) is 0 Å². The van der Waals surface area contributed by atoms with E-state index in [4.69, 9.17) is 4.74 Å². The zero-order chi connectivity index (χ0) is 18.6. The number of carbonyl (C=O) groups is 1. The van der Waals surface area contributed by atoms with Crippen LogP contribution in [-0.2, 0) is 17.8 Å². The van der Waals surface area contributed by atoms with E-state index in [1.807, 2.05) is 65.7 Å². The van der Waals surface area contributed by atoms with Crippen LogP contribution in [0.2, 0.25) is 0 Å². The summed E-state index contributed by atoms with van der Waals surface area (Å²) >= 11 is 0. The Morgan fingerprint density at radius 3 is 2.74 bits per heavy atom. The Morgan fingerprint density at radius 2 is 1.93 bits per heavy atom. The molecule has 1 aliphatic heterocycles. The molecule has 1 fully saturated rings. The van der Waals surface area contributed by atoms with Crippen molar-refractivity contribution in [2.75, 3.05) is 6.54 Å². The number of para-hydroxylation sites is 1. The fourth-order valence-corrected chi connectivity index (χ4v) is 3.84. The van der Waals surface area contributed by atoms with Crippen LogP contribution in [0.3, 0.4) is 0 Å². The van der Waals surface area contributed by atoms with E-state index in [0.717, 1.165) is 47.8 Å². The molecule has 0 aliphatic carbocycles. The maximum Gasteiger partial charge on any atom is 0.410 e. The van der Waals surface area contributed by atoms with Crippen molar-refractivity contribution >= 4 is 17.0 Å². The molecule has 5 nitrogen and oxygen atoms in total. The van der Waals surface area contributed by atoms with Gasteiger partial charge in [0.2, 0.25) is 0 Å². The zero-order valence-corrected chi connectivity index (χ0v) is 15.0. The number of aromatic nitrogens is 1. The van der Waals surface area contributed by atoms with E-state index in [1.165, 1.54) is 0 Å². The van der Waals surface area contributed by atoms with Gasteiger partial charge in [0.25, 0.3) is 0 Å². The molecule has 3 aromatic rings. The van der Waals surface area contributed by atoms with Gasteiger partial charge in [-0.05, 0) is 36.5 Å². The number of amides is 1. The van der Waals surface area contributed by atoms with Crippen LogP contribution in [0.4, 0.5) is 4.79 Å². The minimum absolute atomic E-state index is 0.103. The second-order valence-corrected chi connectivity index (χ2v) is 6.88. The zero-order valence-electron chi connectivity index (χ0n) is 15.0. The molecule has 1 amide bonds. The highest BCUT2D eigenvalue weighted by Gasteiger charge is 2.30. The lowest BCUT2D eigenvalue weighted by atomic mass is 10.0. The van der Waals surface area contributed by atoms with Crippen molar-refractivity contribution in [3.05, 3.63) is 71.9 Å². The van der Waals surface area contributed by atoms with Gasteiger partial charge in [0.05, 0.1) is 5.52 Å². The number of hydrogen-bond donors (Lipinski definition) is 0. The third-order valence-electron chi connectivity index (χ3n) is 5.17. The number of rotatable bonds is 4. The van der Waals surface area contributed by atoms with Gasteiger partial charge in [-0.15, -0.1) is 0 Å². The molecule has 2 heterocycles. The lowest BCUT2D eigenvalue weighted by molar-refractivity contribution is 0.0921. The van der Waals surface area contributed by atoms with Gasteiger partial charge < -0.3 is 9.64 Å². The molecule has 0 bridgehead atoms. The standard InChI is InChI=1S/C22H21N3O2/c23-16-24-14-18(20-10-4-5-11-21(20)24)13-19-9-6-12-25(19)22(26)27-15-17-7-2-1-3-8-17/h1-5,7-8,10-11,14,19H,6,9,12-13,15H2/t19-/m1/s1. The Bertz CT molecular complexity index is 988. The molecule has 0 radical (unpaired) electrons. The second-order valence-electron chi connectivity index (χ2n) is 6.88. The van der Waals surface area contributed by atoms with Crippen LogP contribution < -0.4 is 0 Å². The summed E-state index contributed by atoms with van der Waals surface area (Å²) in [5.41, 5.74) is 2.99. The quantitative estimate of drug-likeness (QED) is 0.697. The maximum atomic E-state index is 12.6. The summed E-state index contributed by atoms with van der Waals surface area (Å²) in [7, 11) is 0. The average molecular weight is 359 g/mol. The van der Waals surface area contributed by atoms with E-state index in [1.54, 1.807) is 4.57 Å². The lowest BCUT2D eigenvalue weighted by Gasteiger charge is -2.24. The average Bonchev–Trinajstić information content (AvgIpc) is 3.32. The minimum Gasteiger partial charge on any atom is -0.445 e. The summed E-state index contributed by atoms with van der Waals surface area (Å²) < 4.78 is 7.12. The van der Waals surface area contributed by atoms with Crippen LogP contribution >= 0.6 is 0 Å². The van der Waals surface area contributed by atoms with Crippen LogP contribution in [0.25, 0.3) is 10.9 Å². The van der Waals surface area contributed by atoms with Gasteiger partial charge >= 0.3 is 6.09 Å². The van der Waals surface area contributed by atoms with Gasteiger partial charge in [0.1, 0.15) is 6.61 Å². The Kier molecular flexibility index (Phi) is 4.80. The van der Waals surface area contributed by atoms with E-state index in [-0.39, 0.29) is 18.7 Å². The third-order valence-corrected chi connectivity index (χ3v) is 5.17. The molecule has 1 atom stereocenters. The third kappa shape index (κ3) is 3.52. The molecular weight excluding hydrogens is 338 g/mol. The van der Waals surface area contributed by atoms with E-state index >= 15 is 0 Å². The van der Waals surface area contributed by atoms with Crippen molar-refractivity contribution in [3.8, 4) is 6.19 Å². The summed E-state index contributed by atoms with van der Waals surface area (Å²) in [5, 5.41) is 10.4. The SMILES string of the molecule is N#Cn1cc(C[C@H]2CCCN2C(=O)OCc2ccccc2)c2ccccc21. The first-order chi connectivity index (χ1) is 13.3. The highest BCUT2D eigenvalue weighted by molar-refractivity contribution is 5.84. The van der Waals surface area contributed by atoms with Crippen LogP contribution in [0.15, 0.2) is 60.8 Å². The Labute approximate surface area is 158 Å². The van der Waals surface area contributed by atoms with Crippen LogP contribution in [-0.4, -0.2) is 28.1 Å². The van der Waals surface area contributed by atoms with Crippen molar-refractivity contribution in [1.29, 1.82) is 5.26 Å². The Morgan fingerprint density at radius 1 is 1.15 bits per heavy atom. The van der Waals surface area contributed by atoms with Gasteiger partial charge in [0, 0.05) is 24.2 Å². The summed E-state index contributed by atoms with van der Waals surface area (Å²) in [4.78, 5) is 14.4. The van der Waals surface area contributed by atoms with Gasteiger partial charge in [-0.3, -0.25) is 4.57 Å². The predicted octanol–water partition coefficient (Wildman–Crippen LogP) is 4.31. The van der Waals surface area contributed by atoms with Crippen LogP contribution in [0.5, 0.6) is 0 Å². The molecule has 5 heteroatoms. The molecule has 4 rings (SSSR count). The van der Waals surface area contributed by atoms with E-state index in [0.29, 0.717) is 0 Å². The van der Waals surface area contributed by atoms with Gasteiger partial charge in [-0.25, -0.2) is 4.79 Å². The highest BCUT2D eigenvalue weighted by atomic mass is 16.6. The second kappa shape index (κ2) is 7.55. The van der Waals surface area contributed by atoms with Gasteiger partial charge in [0.15, 0.2) is 6.19 Å². The fraction of sp³-hybridized carbons (Fsp3) is 0.273. The molecule has 0 N–H and O–H groups in total. The molecule has 1 saturated heterocycles. The number of likely N-dealkylation sites (tertiary alicyclic amines) is 1. The van der Waals surface area contributed by atoms with Gasteiger partial charge in [-0.2, -0.15) is 5.26 Å². The first-order valence-electron chi connectivity index (χ1n) is 9.22. The predicted molar refractivity (Wildman–Crippen MR) is 103 cm³/mol. The first kappa shape index (κ1) is 17.2. The normalized spacial score (nSPS) is 16.4. The molecule has 1 aliphatic rings. The summed E-state index contributed by atoms with van der Waals surface area (Å²) in [6.07, 6.45) is 6.48. The largest absolute Gasteiger partial charge is 0.445 e. The Balaban J connectivity index is 1.47. The topological polar surface area (TPSA) is 58.3 Å². The molecule has 0 unspecified atom stereocenters. The number of benzene rings is 2. The molecule has 0 saturated carbocycles. The number of nitriles is 1. The molecule has 0 spiro atoms. The number of hydrogen-bond acceptors (Lipinski definition) is 3. The minimum atomic E-state index is -0.259. The van der Waals surface area contributed by atoms with E-state index in [9.17, 15) is 10.1 Å². The van der Waals surface area contributed by atoms with Gasteiger partial charge in [-0.1, -0.05) is 48.5 Å². The summed E-state index contributed by atoms with van der Waals surface area (Å²) in [6.45, 7) is 1.01. The lowest BCUT2D eigenvalue weighted by Crippen LogP contribution is -2.37. The number of carbonyl (C=O) groups excluding carboxylic acids is 1. The van der Waals surface area contributed by atoms with E-state index in [2.05, 4.69) is 6.19 Å². The summed E-state index contributed by atoms with van der Waals surface area (Å²) in [6, 6.07) is 17.7. The highest BCUT2D eigenvalue weighted by Crippen LogP contribution is 2.27. The Hall–Kier alpha value is -3.26. The maximum absolute atomic E-state index is 12.6. The molecule has 1 aromatic heterocycles. The molecule has 136 valence electrons. The molecule has 27 heavy (non-hydrogen) atoms. The van der Waals surface area contributed by atoms with Crippen molar-refractivity contribution in [2.24, 2.45) is 0 Å². The van der Waals surface area contributed by atoms with Crippen LogP contribution in [0.1, 0.15) is 24.0 Å². The van der Waals surface area contributed by atoms with Crippen molar-refractivity contribution in [1.82, 2.24) is 9.47 Å². The number of ether oxygens (including phenoxy) is 1. The van der Waals surface area contributed by atoms with Crippen LogP contribution in [0, 0.1) is 11.5 Å². The van der Waals surface area contributed by atoms with Crippen molar-refractivity contribution in [2.45, 2.75) is 31.9 Å². The smallest absolute Gasteiger partial charge is 0.410 e. The van der Waals surface area contributed by atoms with Crippen molar-refractivity contribution < 1.29 is 9.53 Å².